The Labute approximate surface area is 258 Å². The van der Waals surface area contributed by atoms with Gasteiger partial charge in [0.15, 0.2) is 0 Å². The summed E-state index contributed by atoms with van der Waals surface area (Å²) in [4.78, 5) is 52.5. The number of nitrogens with two attached hydrogens (primary N) is 2. The maximum absolute atomic E-state index is 12.4. The highest BCUT2D eigenvalue weighted by molar-refractivity contribution is 6.12. The number of ketones is 2. The first-order chi connectivity index (χ1) is 19.1. The number of amides is 2. The van der Waals surface area contributed by atoms with Gasteiger partial charge in [-0.3, -0.25) is 19.2 Å². The molecule has 3 aromatic rings. The molecule has 0 bridgehead atoms. The summed E-state index contributed by atoms with van der Waals surface area (Å²) in [6.45, 7) is 0.809. The lowest BCUT2D eigenvalue weighted by atomic mass is 10.1. The van der Waals surface area contributed by atoms with Crippen LogP contribution in [-0.4, -0.2) is 47.3 Å². The highest BCUT2D eigenvalue weighted by Gasteiger charge is 2.10. The Kier molecular flexibility index (Phi) is 14.4. The van der Waals surface area contributed by atoms with E-state index in [-0.39, 0.29) is 49.5 Å². The third-order valence-corrected chi connectivity index (χ3v) is 5.94. The lowest BCUT2D eigenvalue weighted by Crippen LogP contribution is -2.25. The van der Waals surface area contributed by atoms with Gasteiger partial charge >= 0.3 is 0 Å². The van der Waals surface area contributed by atoms with Gasteiger partial charge in [-0.25, -0.2) is 0 Å². The normalized spacial score (nSPS) is 9.38. The Hall–Kier alpha value is -4.76. The summed E-state index contributed by atoms with van der Waals surface area (Å²) in [6, 6.07) is 20.4. The number of halogens is 2. The van der Waals surface area contributed by atoms with Gasteiger partial charge in [0.1, 0.15) is 0 Å². The number of nitrogens with zero attached hydrogens (tertiary/aromatic N) is 2. The van der Waals surface area contributed by atoms with Crippen molar-refractivity contribution in [3.8, 4) is 23.7 Å². The molecular weight excluding hydrogens is 575 g/mol. The van der Waals surface area contributed by atoms with Crippen LogP contribution in [0.5, 0.6) is 0 Å². The fraction of sp³-hybridized carbons (Fsp3) is 0.188. The van der Waals surface area contributed by atoms with Gasteiger partial charge in [0, 0.05) is 49.7 Å². The molecule has 0 unspecified atom stereocenters. The molecule has 0 aromatic heterocycles. The Morgan fingerprint density at radius 3 is 1.19 bits per heavy atom. The van der Waals surface area contributed by atoms with Crippen LogP contribution in [0.1, 0.15) is 44.7 Å². The third-order valence-electron chi connectivity index (χ3n) is 5.94. The van der Waals surface area contributed by atoms with E-state index in [4.69, 9.17) is 11.5 Å². The molecule has 0 aliphatic heterocycles. The lowest BCUT2D eigenvalue weighted by molar-refractivity contribution is -0.130. The number of anilines is 2. The molecule has 3 aromatic carbocycles. The van der Waals surface area contributed by atoms with Crippen molar-refractivity contribution in [1.82, 2.24) is 9.80 Å². The van der Waals surface area contributed by atoms with E-state index in [9.17, 15) is 19.2 Å². The Morgan fingerprint density at radius 2 is 0.881 bits per heavy atom. The predicted octanol–water partition coefficient (Wildman–Crippen LogP) is 4.16. The van der Waals surface area contributed by atoms with Crippen LogP contribution < -0.4 is 11.5 Å². The summed E-state index contributed by atoms with van der Waals surface area (Å²) in [5.74, 6) is 8.82. The van der Waals surface area contributed by atoms with Gasteiger partial charge in [-0.05, 0) is 71.5 Å². The van der Waals surface area contributed by atoms with Gasteiger partial charge < -0.3 is 21.3 Å². The average Bonchev–Trinajstić information content (AvgIpc) is 2.95. The van der Waals surface area contributed by atoms with Crippen molar-refractivity contribution >= 4 is 59.6 Å². The summed E-state index contributed by atoms with van der Waals surface area (Å²) in [6.07, 6.45) is -0.200. The molecule has 0 saturated carbocycles. The molecule has 0 aliphatic rings. The molecule has 8 nitrogen and oxygen atoms in total. The first kappa shape index (κ1) is 35.3. The van der Waals surface area contributed by atoms with Gasteiger partial charge in [0.25, 0.3) is 0 Å². The van der Waals surface area contributed by atoms with Crippen molar-refractivity contribution in [2.24, 2.45) is 0 Å². The summed E-state index contributed by atoms with van der Waals surface area (Å²) < 4.78 is 0. The number of carbonyl (C=O) groups excluding carboxylic acids is 4. The standard InChI is InChI=1S/C32H30N4O4.2ClH/c1-35(21-23-9-17-27(33)18-10-23)31(39)7-3-5-29(37)25-13-15-26(16-14-25)30(38)6-4-8-32(40)36(2)22-24-11-19-28(34)20-12-24;;/h9-20H,7-8,21-22,33-34H2,1-2H3;2*1H. The van der Waals surface area contributed by atoms with E-state index in [1.165, 1.54) is 34.1 Å². The van der Waals surface area contributed by atoms with Gasteiger partial charge in [0.2, 0.25) is 23.4 Å². The van der Waals surface area contributed by atoms with Crippen molar-refractivity contribution in [1.29, 1.82) is 0 Å². The molecule has 4 N–H and O–H groups in total. The smallest absolute Gasteiger partial charge is 0.235 e. The second-order valence-electron chi connectivity index (χ2n) is 9.18. The zero-order valence-corrected chi connectivity index (χ0v) is 24.9. The second-order valence-corrected chi connectivity index (χ2v) is 9.18. The van der Waals surface area contributed by atoms with Crippen LogP contribution in [0.2, 0.25) is 0 Å². The van der Waals surface area contributed by atoms with Crippen LogP contribution in [0.25, 0.3) is 0 Å². The second kappa shape index (κ2) is 17.1. The monoisotopic (exact) mass is 606 g/mol. The quantitative estimate of drug-likeness (QED) is 0.171. The molecule has 0 fully saturated rings. The molecule has 10 heteroatoms. The summed E-state index contributed by atoms with van der Waals surface area (Å²) in [5, 5.41) is 0. The maximum Gasteiger partial charge on any atom is 0.235 e. The Bertz CT molecular complexity index is 1400. The molecule has 0 spiro atoms. The Balaban J connectivity index is 0.00000441. The van der Waals surface area contributed by atoms with E-state index in [0.29, 0.717) is 35.6 Å². The lowest BCUT2D eigenvalue weighted by Gasteiger charge is -2.15. The first-order valence-corrected chi connectivity index (χ1v) is 12.5. The molecule has 0 saturated heterocycles. The maximum atomic E-state index is 12.4. The van der Waals surface area contributed by atoms with Gasteiger partial charge in [-0.2, -0.15) is 0 Å². The van der Waals surface area contributed by atoms with E-state index in [2.05, 4.69) is 23.7 Å². The molecule has 0 aliphatic carbocycles. The number of rotatable bonds is 8. The summed E-state index contributed by atoms with van der Waals surface area (Å²) >= 11 is 0. The molecular formula is C32H32Cl2N4O4. The predicted molar refractivity (Wildman–Crippen MR) is 169 cm³/mol. The number of hydrogen-bond donors (Lipinski definition) is 2. The number of carbonyl (C=O) groups is 4. The number of nitrogen functional groups attached to an aromatic ring is 2. The van der Waals surface area contributed by atoms with Crippen molar-refractivity contribution in [3.63, 3.8) is 0 Å². The number of hydrogen-bond acceptors (Lipinski definition) is 6. The van der Waals surface area contributed by atoms with E-state index in [0.717, 1.165) is 11.1 Å². The van der Waals surface area contributed by atoms with E-state index < -0.39 is 11.6 Å². The minimum Gasteiger partial charge on any atom is -0.399 e. The van der Waals surface area contributed by atoms with E-state index in [1.54, 1.807) is 38.4 Å². The van der Waals surface area contributed by atoms with Crippen LogP contribution in [0.3, 0.4) is 0 Å². The topological polar surface area (TPSA) is 127 Å². The Morgan fingerprint density at radius 1 is 0.571 bits per heavy atom. The van der Waals surface area contributed by atoms with Crippen molar-refractivity contribution < 1.29 is 19.2 Å². The van der Waals surface area contributed by atoms with Crippen molar-refractivity contribution in [3.05, 3.63) is 95.1 Å². The van der Waals surface area contributed by atoms with Crippen LogP contribution in [0.15, 0.2) is 72.8 Å². The van der Waals surface area contributed by atoms with Gasteiger partial charge in [0.05, 0.1) is 12.8 Å². The minimum atomic E-state index is -0.464. The first-order valence-electron chi connectivity index (χ1n) is 12.5. The van der Waals surface area contributed by atoms with Crippen molar-refractivity contribution in [2.45, 2.75) is 25.9 Å². The summed E-state index contributed by atoms with van der Waals surface area (Å²) in [5.41, 5.74) is 15.1. The van der Waals surface area contributed by atoms with Crippen LogP contribution >= 0.6 is 24.8 Å². The molecule has 0 radical (unpaired) electrons. The zero-order chi connectivity index (χ0) is 29.1. The van der Waals surface area contributed by atoms with Crippen LogP contribution in [0.4, 0.5) is 11.4 Å². The minimum absolute atomic E-state index is 0. The van der Waals surface area contributed by atoms with Gasteiger partial charge in [-0.15, -0.1) is 24.8 Å². The molecule has 42 heavy (non-hydrogen) atoms. The zero-order valence-electron chi connectivity index (χ0n) is 23.3. The van der Waals surface area contributed by atoms with E-state index in [1.807, 2.05) is 24.3 Å². The molecule has 218 valence electrons. The van der Waals surface area contributed by atoms with Crippen molar-refractivity contribution in [2.75, 3.05) is 25.6 Å². The van der Waals surface area contributed by atoms with Crippen LogP contribution in [0, 0.1) is 23.7 Å². The SMILES string of the molecule is CN(Cc1ccc(N)cc1)C(=O)CC#CC(=O)c1ccc(C(=O)C#CCC(=O)N(C)Cc2ccc(N)cc2)cc1.Cl.Cl. The van der Waals surface area contributed by atoms with Crippen LogP contribution in [-0.2, 0) is 22.7 Å². The largest absolute Gasteiger partial charge is 0.399 e. The fourth-order valence-electron chi connectivity index (χ4n) is 3.56. The summed E-state index contributed by atoms with van der Waals surface area (Å²) in [7, 11) is 3.33. The third kappa shape index (κ3) is 11.0. The molecule has 2 amide bonds. The van der Waals surface area contributed by atoms with E-state index >= 15 is 0 Å². The highest BCUT2D eigenvalue weighted by Crippen LogP contribution is 2.10. The van der Waals surface area contributed by atoms with Gasteiger partial charge in [-0.1, -0.05) is 36.1 Å². The highest BCUT2D eigenvalue weighted by atomic mass is 35.5. The fourth-order valence-corrected chi connectivity index (χ4v) is 3.56. The molecule has 3 rings (SSSR count). The molecule has 0 atom stereocenters. The average molecular weight is 608 g/mol. The number of benzene rings is 3. The molecule has 0 heterocycles. The number of Topliss-reactive ketones (excluding diaryl/α,β-unsaturated/α-hetero) is 2.